The van der Waals surface area contributed by atoms with Crippen LogP contribution in [0.3, 0.4) is 0 Å². The Kier molecular flexibility index (Phi) is 4.08. The van der Waals surface area contributed by atoms with Gasteiger partial charge in [0, 0.05) is 16.5 Å². The molecule has 0 amide bonds. The van der Waals surface area contributed by atoms with Gasteiger partial charge in [-0.1, -0.05) is 96.1 Å². The molecule has 0 saturated carbocycles. The molecule has 0 spiro atoms. The van der Waals surface area contributed by atoms with E-state index in [1.165, 1.54) is 60.9 Å². The second-order valence-corrected chi connectivity index (χ2v) is 9.81. The smallest absolute Gasteiger partial charge is 0.0743 e. The van der Waals surface area contributed by atoms with Crippen LogP contribution in [-0.2, 0) is 5.41 Å². The molecule has 0 aliphatic carbocycles. The third-order valence-electron chi connectivity index (χ3n) is 7.73. The van der Waals surface area contributed by atoms with Crippen LogP contribution in [0.4, 0.5) is 5.69 Å². The molecule has 7 rings (SSSR count). The number of nitrogens with two attached hydrogens (primary N) is 1. The van der Waals surface area contributed by atoms with Crippen LogP contribution < -0.4 is 5.73 Å². The van der Waals surface area contributed by atoms with Gasteiger partial charge in [-0.2, -0.15) is 0 Å². The van der Waals surface area contributed by atoms with Crippen molar-refractivity contribution in [2.45, 2.75) is 19.3 Å². The Morgan fingerprint density at radius 3 is 1.91 bits per heavy atom. The van der Waals surface area contributed by atoms with Crippen LogP contribution >= 0.6 is 0 Å². The van der Waals surface area contributed by atoms with Crippen molar-refractivity contribution in [3.63, 3.8) is 0 Å². The summed E-state index contributed by atoms with van der Waals surface area (Å²) in [5.41, 5.74) is 18.0. The van der Waals surface area contributed by atoms with Crippen molar-refractivity contribution in [2.24, 2.45) is 0 Å². The van der Waals surface area contributed by atoms with Crippen LogP contribution in [0, 0.1) is 13.8 Å². The first-order valence-corrected chi connectivity index (χ1v) is 12.2. The van der Waals surface area contributed by atoms with E-state index >= 15 is 0 Å². The quantitative estimate of drug-likeness (QED) is 0.269. The van der Waals surface area contributed by atoms with Crippen molar-refractivity contribution in [1.29, 1.82) is 0 Å². The zero-order chi connectivity index (χ0) is 23.7. The lowest BCUT2D eigenvalue weighted by Crippen LogP contribution is -2.35. The van der Waals surface area contributed by atoms with Crippen LogP contribution in [0.1, 0.15) is 33.4 Å². The van der Waals surface area contributed by atoms with Crippen LogP contribution in [0.5, 0.6) is 0 Å². The van der Waals surface area contributed by atoms with E-state index in [-0.39, 0.29) is 0 Å². The molecule has 2 heterocycles. The summed E-state index contributed by atoms with van der Waals surface area (Å²) in [6.45, 7) is 4.29. The largest absolute Gasteiger partial charge is 0.399 e. The van der Waals surface area contributed by atoms with Gasteiger partial charge in [-0.05, 0) is 60.4 Å². The van der Waals surface area contributed by atoms with E-state index < -0.39 is 5.41 Å². The summed E-state index contributed by atoms with van der Waals surface area (Å²) in [7, 11) is 0. The fourth-order valence-electron chi connectivity index (χ4n) is 6.16. The summed E-state index contributed by atoms with van der Waals surface area (Å²) >= 11 is 0. The highest BCUT2D eigenvalue weighted by Gasteiger charge is 2.45. The summed E-state index contributed by atoms with van der Waals surface area (Å²) in [5, 5.41) is 2.56. The van der Waals surface area contributed by atoms with Gasteiger partial charge in [-0.25, -0.2) is 0 Å². The summed E-state index contributed by atoms with van der Waals surface area (Å²) < 4.78 is 2.44. The van der Waals surface area contributed by atoms with Gasteiger partial charge in [0.2, 0.25) is 0 Å². The lowest BCUT2D eigenvalue weighted by Gasteiger charge is -2.42. The van der Waals surface area contributed by atoms with E-state index in [1.807, 2.05) is 6.07 Å². The lowest BCUT2D eigenvalue weighted by atomic mass is 9.63. The average molecular weight is 451 g/mol. The number of rotatable bonds is 2. The number of fused-ring (bicyclic) bond motifs is 5. The standard InChI is InChI=1S/C33H26N2/c1-21-10-14-23(15-11-21)33(24-16-12-22(2)13-17-24)28-8-5-7-27-26-6-3-4-9-30(26)35(32(27)28)31-19-18-25(34)20-29(31)33/h3-20H,34H2,1-2H3. The molecule has 0 unspecified atom stereocenters. The Morgan fingerprint density at radius 2 is 1.23 bits per heavy atom. The Balaban J connectivity index is 1.77. The van der Waals surface area contributed by atoms with Crippen LogP contribution in [0.2, 0.25) is 0 Å². The van der Waals surface area contributed by atoms with Crippen molar-refractivity contribution in [1.82, 2.24) is 4.57 Å². The van der Waals surface area contributed by atoms with Crippen molar-refractivity contribution in [3.05, 3.63) is 143 Å². The predicted octanol–water partition coefficient (Wildman–Crippen LogP) is 7.68. The highest BCUT2D eigenvalue weighted by molar-refractivity contribution is 6.12. The maximum absolute atomic E-state index is 6.50. The molecule has 5 aromatic carbocycles. The van der Waals surface area contributed by atoms with Gasteiger partial charge in [0.1, 0.15) is 0 Å². The fourth-order valence-corrected chi connectivity index (χ4v) is 6.16. The van der Waals surface area contributed by atoms with Gasteiger partial charge < -0.3 is 10.3 Å². The number of benzene rings is 5. The molecule has 1 aromatic heterocycles. The molecule has 1 aliphatic heterocycles. The zero-order valence-corrected chi connectivity index (χ0v) is 19.9. The molecular weight excluding hydrogens is 424 g/mol. The van der Waals surface area contributed by atoms with Gasteiger partial charge in [0.25, 0.3) is 0 Å². The molecule has 0 saturated heterocycles. The predicted molar refractivity (Wildman–Crippen MR) is 147 cm³/mol. The maximum Gasteiger partial charge on any atom is 0.0743 e. The minimum absolute atomic E-state index is 0.490. The van der Waals surface area contributed by atoms with E-state index in [9.17, 15) is 0 Å². The van der Waals surface area contributed by atoms with Gasteiger partial charge >= 0.3 is 0 Å². The molecule has 0 radical (unpaired) electrons. The molecular formula is C33H26N2. The molecule has 0 atom stereocenters. The van der Waals surface area contributed by atoms with E-state index in [4.69, 9.17) is 5.73 Å². The summed E-state index contributed by atoms with van der Waals surface area (Å²) in [4.78, 5) is 0. The van der Waals surface area contributed by atoms with Crippen LogP contribution in [-0.4, -0.2) is 4.57 Å². The summed E-state index contributed by atoms with van der Waals surface area (Å²) in [6.07, 6.45) is 0. The van der Waals surface area contributed by atoms with E-state index in [0.29, 0.717) is 0 Å². The van der Waals surface area contributed by atoms with Crippen LogP contribution in [0.15, 0.2) is 109 Å². The number of anilines is 1. The van der Waals surface area contributed by atoms with E-state index in [0.717, 1.165) is 5.69 Å². The molecule has 2 N–H and O–H groups in total. The minimum atomic E-state index is -0.490. The van der Waals surface area contributed by atoms with Gasteiger partial charge in [0.05, 0.1) is 22.1 Å². The Morgan fingerprint density at radius 1 is 0.600 bits per heavy atom. The maximum atomic E-state index is 6.50. The summed E-state index contributed by atoms with van der Waals surface area (Å²) in [5.74, 6) is 0. The number of aromatic nitrogens is 1. The number of nitrogen functional groups attached to an aromatic ring is 1. The van der Waals surface area contributed by atoms with Crippen molar-refractivity contribution in [3.8, 4) is 5.69 Å². The zero-order valence-electron chi connectivity index (χ0n) is 19.9. The Bertz CT molecular complexity index is 1710. The number of para-hydroxylation sites is 2. The van der Waals surface area contributed by atoms with E-state index in [2.05, 4.69) is 122 Å². The van der Waals surface area contributed by atoms with Gasteiger partial charge in [-0.15, -0.1) is 0 Å². The Labute approximate surface area is 205 Å². The first kappa shape index (κ1) is 20.1. The van der Waals surface area contributed by atoms with Gasteiger partial charge in [-0.3, -0.25) is 0 Å². The second-order valence-electron chi connectivity index (χ2n) is 9.81. The average Bonchev–Trinajstić information content (AvgIpc) is 3.22. The lowest BCUT2D eigenvalue weighted by molar-refractivity contribution is 0.727. The highest BCUT2D eigenvalue weighted by Crippen LogP contribution is 2.54. The van der Waals surface area contributed by atoms with Crippen molar-refractivity contribution >= 4 is 27.5 Å². The normalized spacial score (nSPS) is 13.8. The summed E-state index contributed by atoms with van der Waals surface area (Å²) in [6, 6.07) is 40.0. The molecule has 0 fully saturated rings. The number of hydrogen-bond donors (Lipinski definition) is 1. The Hall–Kier alpha value is -4.30. The second kappa shape index (κ2) is 7.10. The van der Waals surface area contributed by atoms with Crippen molar-refractivity contribution < 1.29 is 0 Å². The molecule has 0 bridgehead atoms. The SMILES string of the molecule is Cc1ccc(C2(c3ccc(C)cc3)c3cc(N)ccc3-n3c4ccccc4c4cccc2c43)cc1. The topological polar surface area (TPSA) is 30.9 Å². The highest BCUT2D eigenvalue weighted by atomic mass is 15.0. The molecule has 2 heteroatoms. The van der Waals surface area contributed by atoms with Crippen molar-refractivity contribution in [2.75, 3.05) is 5.73 Å². The number of nitrogens with zero attached hydrogens (tertiary/aromatic N) is 1. The third-order valence-corrected chi connectivity index (χ3v) is 7.73. The molecule has 6 aromatic rings. The first-order chi connectivity index (χ1) is 17.1. The fraction of sp³-hybridized carbons (Fsp3) is 0.0909. The van der Waals surface area contributed by atoms with E-state index in [1.54, 1.807) is 0 Å². The van der Waals surface area contributed by atoms with Crippen LogP contribution in [0.25, 0.3) is 27.5 Å². The monoisotopic (exact) mass is 450 g/mol. The molecule has 168 valence electrons. The van der Waals surface area contributed by atoms with Gasteiger partial charge in [0.15, 0.2) is 0 Å². The molecule has 1 aliphatic rings. The number of hydrogen-bond acceptors (Lipinski definition) is 1. The minimum Gasteiger partial charge on any atom is -0.399 e. The first-order valence-electron chi connectivity index (χ1n) is 12.2. The molecule has 35 heavy (non-hydrogen) atoms. The third kappa shape index (κ3) is 2.60. The molecule has 2 nitrogen and oxygen atoms in total. The number of aryl methyl sites for hydroxylation is 2.